The van der Waals surface area contributed by atoms with E-state index in [1.165, 1.54) is 25.3 Å². The molecule has 1 amide bonds. The lowest BCUT2D eigenvalue weighted by molar-refractivity contribution is -0.111. The second kappa shape index (κ2) is 11.4. The van der Waals surface area contributed by atoms with Crippen molar-refractivity contribution in [3.8, 4) is 11.5 Å². The molecule has 0 spiro atoms. The SMILES string of the molecule is CCCCCCOc1ccc(/C=C/C(=O)Nc2cccc(Br)c2)cc1OC. The lowest BCUT2D eigenvalue weighted by Gasteiger charge is -2.11. The molecule has 144 valence electrons. The van der Waals surface area contributed by atoms with Crippen molar-refractivity contribution in [2.75, 3.05) is 19.0 Å². The highest BCUT2D eigenvalue weighted by Gasteiger charge is 2.05. The Labute approximate surface area is 169 Å². The van der Waals surface area contributed by atoms with Gasteiger partial charge in [-0.05, 0) is 48.4 Å². The number of amides is 1. The van der Waals surface area contributed by atoms with E-state index >= 15 is 0 Å². The highest BCUT2D eigenvalue weighted by molar-refractivity contribution is 9.10. The Morgan fingerprint density at radius 3 is 2.70 bits per heavy atom. The van der Waals surface area contributed by atoms with Crippen molar-refractivity contribution in [1.82, 2.24) is 0 Å². The second-order valence-corrected chi connectivity index (χ2v) is 7.07. The number of methoxy groups -OCH3 is 1. The molecule has 0 saturated heterocycles. The Morgan fingerprint density at radius 1 is 1.11 bits per heavy atom. The third kappa shape index (κ3) is 7.47. The Balaban J connectivity index is 1.93. The molecule has 0 saturated carbocycles. The Kier molecular flexibility index (Phi) is 8.92. The van der Waals surface area contributed by atoms with E-state index in [0.29, 0.717) is 12.4 Å². The van der Waals surface area contributed by atoms with Crippen LogP contribution in [-0.4, -0.2) is 19.6 Å². The number of ether oxygens (including phenoxy) is 2. The van der Waals surface area contributed by atoms with Gasteiger partial charge >= 0.3 is 0 Å². The number of halogens is 1. The maximum atomic E-state index is 12.1. The van der Waals surface area contributed by atoms with Crippen LogP contribution in [0.15, 0.2) is 53.0 Å². The maximum Gasteiger partial charge on any atom is 0.248 e. The first kappa shape index (κ1) is 21.0. The number of hydrogen-bond donors (Lipinski definition) is 1. The average molecular weight is 432 g/mol. The van der Waals surface area contributed by atoms with Crippen LogP contribution in [0.25, 0.3) is 6.08 Å². The molecule has 0 radical (unpaired) electrons. The van der Waals surface area contributed by atoms with Gasteiger partial charge in [0.2, 0.25) is 5.91 Å². The molecule has 0 aromatic heterocycles. The van der Waals surface area contributed by atoms with Crippen LogP contribution >= 0.6 is 15.9 Å². The maximum absolute atomic E-state index is 12.1. The monoisotopic (exact) mass is 431 g/mol. The molecule has 0 bridgehead atoms. The van der Waals surface area contributed by atoms with Crippen LogP contribution in [0.3, 0.4) is 0 Å². The lowest BCUT2D eigenvalue weighted by atomic mass is 10.2. The predicted molar refractivity (Wildman–Crippen MR) is 114 cm³/mol. The van der Waals surface area contributed by atoms with Gasteiger partial charge in [0.25, 0.3) is 0 Å². The standard InChI is InChI=1S/C22H26BrNO3/c1-3-4-5-6-14-27-20-12-10-17(15-21(20)26-2)11-13-22(25)24-19-9-7-8-18(23)16-19/h7-13,15-16H,3-6,14H2,1-2H3,(H,24,25)/b13-11+. The van der Waals surface area contributed by atoms with Crippen LogP contribution in [0.5, 0.6) is 11.5 Å². The predicted octanol–water partition coefficient (Wildman–Crippen LogP) is 6.07. The van der Waals surface area contributed by atoms with Gasteiger partial charge < -0.3 is 14.8 Å². The molecule has 0 atom stereocenters. The fraction of sp³-hybridized carbons (Fsp3) is 0.318. The first-order valence-electron chi connectivity index (χ1n) is 9.18. The number of carbonyl (C=O) groups excluding carboxylic acids is 1. The largest absolute Gasteiger partial charge is 0.493 e. The molecule has 2 rings (SSSR count). The molecule has 0 aliphatic heterocycles. The van der Waals surface area contributed by atoms with E-state index in [1.807, 2.05) is 42.5 Å². The molecule has 1 N–H and O–H groups in total. The first-order chi connectivity index (χ1) is 13.1. The van der Waals surface area contributed by atoms with Gasteiger partial charge in [0.05, 0.1) is 13.7 Å². The second-order valence-electron chi connectivity index (χ2n) is 6.15. The molecule has 2 aromatic rings. The van der Waals surface area contributed by atoms with Crippen molar-refractivity contribution in [2.45, 2.75) is 32.6 Å². The summed E-state index contributed by atoms with van der Waals surface area (Å²) in [5.41, 5.74) is 1.61. The van der Waals surface area contributed by atoms with Crippen LogP contribution in [0, 0.1) is 0 Å². The van der Waals surface area contributed by atoms with Crippen LogP contribution < -0.4 is 14.8 Å². The summed E-state index contributed by atoms with van der Waals surface area (Å²) in [5.74, 6) is 1.20. The number of carbonyl (C=O) groups is 1. The third-order valence-corrected chi connectivity index (χ3v) is 4.46. The number of anilines is 1. The number of benzene rings is 2. The molecule has 0 aliphatic carbocycles. The number of rotatable bonds is 10. The minimum atomic E-state index is -0.191. The molecule has 4 nitrogen and oxygen atoms in total. The molecular weight excluding hydrogens is 406 g/mol. The minimum Gasteiger partial charge on any atom is -0.493 e. The molecule has 5 heteroatoms. The van der Waals surface area contributed by atoms with Crippen molar-refractivity contribution in [1.29, 1.82) is 0 Å². The summed E-state index contributed by atoms with van der Waals surface area (Å²) in [6, 6.07) is 13.1. The van der Waals surface area contributed by atoms with Crippen molar-refractivity contribution in [3.05, 3.63) is 58.6 Å². The van der Waals surface area contributed by atoms with E-state index in [0.717, 1.165) is 27.9 Å². The van der Waals surface area contributed by atoms with Gasteiger partial charge in [-0.25, -0.2) is 0 Å². The summed E-state index contributed by atoms with van der Waals surface area (Å²) in [6.45, 7) is 2.87. The van der Waals surface area contributed by atoms with Gasteiger partial charge in [-0.2, -0.15) is 0 Å². The molecule has 27 heavy (non-hydrogen) atoms. The molecular formula is C22H26BrNO3. The summed E-state index contributed by atoms with van der Waals surface area (Å²) in [5, 5.41) is 2.83. The fourth-order valence-corrected chi connectivity index (χ4v) is 2.94. The third-order valence-electron chi connectivity index (χ3n) is 3.96. The number of hydrogen-bond acceptors (Lipinski definition) is 3. The minimum absolute atomic E-state index is 0.191. The van der Waals surface area contributed by atoms with Gasteiger partial charge in [0.1, 0.15) is 0 Å². The van der Waals surface area contributed by atoms with Crippen LogP contribution in [0.2, 0.25) is 0 Å². The highest BCUT2D eigenvalue weighted by Crippen LogP contribution is 2.29. The molecule has 2 aromatic carbocycles. The zero-order valence-electron chi connectivity index (χ0n) is 15.8. The van der Waals surface area contributed by atoms with Gasteiger partial charge in [-0.1, -0.05) is 54.2 Å². The fourth-order valence-electron chi connectivity index (χ4n) is 2.54. The summed E-state index contributed by atoms with van der Waals surface area (Å²) in [6.07, 6.45) is 7.90. The number of unbranched alkanes of at least 4 members (excludes halogenated alkanes) is 3. The Bertz CT molecular complexity index is 774. The van der Waals surface area contributed by atoms with E-state index in [-0.39, 0.29) is 5.91 Å². The Hall–Kier alpha value is -2.27. The van der Waals surface area contributed by atoms with Crippen LogP contribution in [0.1, 0.15) is 38.2 Å². The molecule has 0 aliphatic rings. The van der Waals surface area contributed by atoms with Crippen molar-refractivity contribution in [3.63, 3.8) is 0 Å². The first-order valence-corrected chi connectivity index (χ1v) is 9.97. The molecule has 0 heterocycles. The normalized spacial score (nSPS) is 10.8. The topological polar surface area (TPSA) is 47.6 Å². The van der Waals surface area contributed by atoms with Crippen LogP contribution in [-0.2, 0) is 4.79 Å². The summed E-state index contributed by atoms with van der Waals surface area (Å²) >= 11 is 3.39. The van der Waals surface area contributed by atoms with E-state index < -0.39 is 0 Å². The summed E-state index contributed by atoms with van der Waals surface area (Å²) in [4.78, 5) is 12.1. The summed E-state index contributed by atoms with van der Waals surface area (Å²) < 4.78 is 12.1. The summed E-state index contributed by atoms with van der Waals surface area (Å²) in [7, 11) is 1.62. The van der Waals surface area contributed by atoms with Gasteiger partial charge in [0, 0.05) is 16.2 Å². The van der Waals surface area contributed by atoms with Crippen molar-refractivity contribution < 1.29 is 14.3 Å². The van der Waals surface area contributed by atoms with Gasteiger partial charge in [-0.15, -0.1) is 0 Å². The average Bonchev–Trinajstić information content (AvgIpc) is 2.66. The van der Waals surface area contributed by atoms with E-state index in [2.05, 4.69) is 28.2 Å². The number of nitrogens with one attached hydrogen (secondary N) is 1. The van der Waals surface area contributed by atoms with E-state index in [1.54, 1.807) is 13.2 Å². The van der Waals surface area contributed by atoms with E-state index in [9.17, 15) is 4.79 Å². The smallest absolute Gasteiger partial charge is 0.248 e. The highest BCUT2D eigenvalue weighted by atomic mass is 79.9. The molecule has 0 unspecified atom stereocenters. The Morgan fingerprint density at radius 2 is 1.96 bits per heavy atom. The van der Waals surface area contributed by atoms with Gasteiger partial charge in [0.15, 0.2) is 11.5 Å². The zero-order valence-corrected chi connectivity index (χ0v) is 17.4. The zero-order chi connectivity index (χ0) is 19.5. The van der Waals surface area contributed by atoms with Gasteiger partial charge in [-0.3, -0.25) is 4.79 Å². The van der Waals surface area contributed by atoms with Crippen molar-refractivity contribution >= 4 is 33.6 Å². The lowest BCUT2D eigenvalue weighted by Crippen LogP contribution is -2.07. The quantitative estimate of drug-likeness (QED) is 0.366. The van der Waals surface area contributed by atoms with Crippen LogP contribution in [0.4, 0.5) is 5.69 Å². The van der Waals surface area contributed by atoms with E-state index in [4.69, 9.17) is 9.47 Å². The molecule has 0 fully saturated rings. The van der Waals surface area contributed by atoms with Crippen molar-refractivity contribution in [2.24, 2.45) is 0 Å².